The van der Waals surface area contributed by atoms with Gasteiger partial charge in [0.1, 0.15) is 20.5 Å². The number of thioether (sulfide) groups is 1. The van der Waals surface area contributed by atoms with Crippen molar-refractivity contribution in [3.05, 3.63) is 23.8 Å². The van der Waals surface area contributed by atoms with Crippen LogP contribution < -0.4 is 4.74 Å². The number of sulfone groups is 2. The van der Waals surface area contributed by atoms with Crippen molar-refractivity contribution in [2.75, 3.05) is 44.0 Å². The van der Waals surface area contributed by atoms with Crippen LogP contribution in [0, 0.1) is 5.41 Å². The molecule has 0 aliphatic carbocycles. The van der Waals surface area contributed by atoms with Crippen molar-refractivity contribution in [1.29, 1.82) is 0 Å². The van der Waals surface area contributed by atoms with Gasteiger partial charge in [-0.25, -0.2) is 16.8 Å². The van der Waals surface area contributed by atoms with Gasteiger partial charge in [0, 0.05) is 25.2 Å². The molecule has 0 saturated heterocycles. The summed E-state index contributed by atoms with van der Waals surface area (Å²) in [5.41, 5.74) is 0.925. The average Bonchev–Trinajstić information content (AvgIpc) is 2.90. The lowest BCUT2D eigenvalue weighted by molar-refractivity contribution is -0.143. The first-order chi connectivity index (χ1) is 21.2. The summed E-state index contributed by atoms with van der Waals surface area (Å²) >= 11 is 1.98. The fraction of sp³-hybridized carbons (Fsp3) is 0.806. The Balaban J connectivity index is 0. The van der Waals surface area contributed by atoms with Crippen LogP contribution in [-0.4, -0.2) is 66.8 Å². The largest absolute Gasteiger partial charge is 0.492 e. The molecule has 0 spiro atoms. The van der Waals surface area contributed by atoms with Crippen LogP contribution in [-0.2, 0) is 34.6 Å². The molecule has 1 aromatic carbocycles. The van der Waals surface area contributed by atoms with E-state index in [4.69, 9.17) is 9.47 Å². The van der Waals surface area contributed by atoms with Crippen LogP contribution >= 0.6 is 11.8 Å². The molecule has 0 fully saturated rings. The predicted octanol–water partition coefficient (Wildman–Crippen LogP) is 9.46. The minimum atomic E-state index is -3.44. The zero-order valence-electron chi connectivity index (χ0n) is 31.1. The molecule has 0 aromatic heterocycles. The van der Waals surface area contributed by atoms with Crippen LogP contribution in [0.15, 0.2) is 23.1 Å². The van der Waals surface area contributed by atoms with E-state index in [-0.39, 0.29) is 34.7 Å². The van der Waals surface area contributed by atoms with Gasteiger partial charge in [-0.05, 0) is 66.7 Å². The van der Waals surface area contributed by atoms with E-state index in [1.54, 1.807) is 19.1 Å². The minimum Gasteiger partial charge on any atom is -0.492 e. The van der Waals surface area contributed by atoms with Gasteiger partial charge in [0.15, 0.2) is 9.84 Å². The van der Waals surface area contributed by atoms with Gasteiger partial charge in [-0.1, -0.05) is 105 Å². The quantitative estimate of drug-likeness (QED) is 0.0975. The molecular formula is C36H68O7S3. The van der Waals surface area contributed by atoms with E-state index in [1.807, 2.05) is 17.8 Å². The number of hydrogen-bond donors (Lipinski definition) is 0. The van der Waals surface area contributed by atoms with E-state index in [9.17, 15) is 21.6 Å². The van der Waals surface area contributed by atoms with Gasteiger partial charge >= 0.3 is 5.97 Å². The third-order valence-corrected chi connectivity index (χ3v) is 8.70. The Kier molecular flexibility index (Phi) is 25.3. The molecule has 0 amide bonds. The van der Waals surface area contributed by atoms with Gasteiger partial charge in [-0.3, -0.25) is 4.79 Å². The van der Waals surface area contributed by atoms with Gasteiger partial charge in [0.25, 0.3) is 0 Å². The molecule has 7 nitrogen and oxygen atoms in total. The molecule has 0 saturated carbocycles. The SMILES string of the molecule is CCCCCCCCCCCCSC.CCOC(=O)CCCOc1ccc(C(C)(C)CC(C)(C)C)cc1S(C)(=O)=O.CS(C)(=O)=O. The minimum absolute atomic E-state index is 0.122. The second kappa shape index (κ2) is 24.8. The highest BCUT2D eigenvalue weighted by molar-refractivity contribution is 7.98. The van der Waals surface area contributed by atoms with Crippen molar-refractivity contribution in [1.82, 2.24) is 0 Å². The second-order valence-electron chi connectivity index (χ2n) is 14.1. The lowest BCUT2D eigenvalue weighted by Crippen LogP contribution is -2.25. The summed E-state index contributed by atoms with van der Waals surface area (Å²) in [6, 6.07) is 5.38. The standard InChI is InChI=1S/C21H34O5S.C13H28S.C2H6O2S/c1-8-25-19(22)10-9-13-26-17-12-11-16(14-18(17)27(7,23)24)21(5,6)15-20(2,3)4;1-3-4-5-6-7-8-9-10-11-12-13-14-2;1-5(2,3)4/h11-12,14H,8-10,13,15H2,1-7H3;3-13H2,1-2H3;1-2H3. The van der Waals surface area contributed by atoms with Crippen molar-refractivity contribution in [3.8, 4) is 5.75 Å². The molecule has 1 rings (SSSR count). The van der Waals surface area contributed by atoms with Crippen molar-refractivity contribution < 1.29 is 31.1 Å². The summed E-state index contributed by atoms with van der Waals surface area (Å²) in [5.74, 6) is 1.41. The van der Waals surface area contributed by atoms with Gasteiger partial charge in [0.2, 0.25) is 0 Å². The topological polar surface area (TPSA) is 104 Å². The number of carbonyl (C=O) groups is 1. The molecule has 0 aliphatic rings. The molecular weight excluding hydrogens is 641 g/mol. The Morgan fingerprint density at radius 3 is 1.72 bits per heavy atom. The highest BCUT2D eigenvalue weighted by Gasteiger charge is 2.29. The summed E-state index contributed by atoms with van der Waals surface area (Å²) < 4.78 is 54.4. The van der Waals surface area contributed by atoms with Crippen LogP contribution in [0.3, 0.4) is 0 Å². The fourth-order valence-electron chi connectivity index (χ4n) is 5.13. The zero-order valence-corrected chi connectivity index (χ0v) is 33.6. The third-order valence-electron chi connectivity index (χ3n) is 6.89. The van der Waals surface area contributed by atoms with E-state index in [2.05, 4.69) is 47.8 Å². The molecule has 10 heteroatoms. The van der Waals surface area contributed by atoms with Crippen LogP contribution in [0.25, 0.3) is 0 Å². The molecule has 272 valence electrons. The highest BCUT2D eigenvalue weighted by Crippen LogP contribution is 2.38. The molecule has 0 radical (unpaired) electrons. The first-order valence-electron chi connectivity index (χ1n) is 16.9. The maximum atomic E-state index is 12.3. The van der Waals surface area contributed by atoms with E-state index in [0.717, 1.165) is 24.5 Å². The van der Waals surface area contributed by atoms with E-state index in [1.165, 1.54) is 76.2 Å². The maximum absolute atomic E-state index is 12.3. The Labute approximate surface area is 288 Å². The maximum Gasteiger partial charge on any atom is 0.305 e. The van der Waals surface area contributed by atoms with Crippen molar-refractivity contribution in [2.45, 2.75) is 142 Å². The number of esters is 1. The van der Waals surface area contributed by atoms with Crippen LogP contribution in [0.2, 0.25) is 0 Å². The van der Waals surface area contributed by atoms with Crippen LogP contribution in [0.1, 0.15) is 138 Å². The van der Waals surface area contributed by atoms with Crippen LogP contribution in [0.5, 0.6) is 5.75 Å². The summed E-state index contributed by atoms with van der Waals surface area (Å²) in [7, 11) is -6.11. The molecule has 0 heterocycles. The number of carbonyl (C=O) groups excluding carboxylic acids is 1. The number of hydrogen-bond acceptors (Lipinski definition) is 8. The molecule has 46 heavy (non-hydrogen) atoms. The summed E-state index contributed by atoms with van der Waals surface area (Å²) in [6.07, 6.45) is 21.9. The van der Waals surface area contributed by atoms with Gasteiger partial charge in [0.05, 0.1) is 13.2 Å². The average molecular weight is 709 g/mol. The fourth-order valence-corrected chi connectivity index (χ4v) is 6.46. The number of rotatable bonds is 20. The normalized spacial score (nSPS) is 12.0. The molecule has 0 N–H and O–H groups in total. The molecule has 1 aromatic rings. The van der Waals surface area contributed by atoms with E-state index in [0.29, 0.717) is 18.8 Å². The molecule has 0 atom stereocenters. The van der Waals surface area contributed by atoms with Gasteiger partial charge in [-0.2, -0.15) is 11.8 Å². The predicted molar refractivity (Wildman–Crippen MR) is 199 cm³/mol. The van der Waals surface area contributed by atoms with Crippen molar-refractivity contribution in [2.24, 2.45) is 5.41 Å². The summed E-state index contributed by atoms with van der Waals surface area (Å²) in [5, 5.41) is 0. The molecule has 0 unspecified atom stereocenters. The lowest BCUT2D eigenvalue weighted by Gasteiger charge is -2.33. The second-order valence-corrected chi connectivity index (χ2v) is 19.4. The Hall–Kier alpha value is -1.26. The smallest absolute Gasteiger partial charge is 0.305 e. The number of unbranched alkanes of at least 4 members (excludes halogenated alkanes) is 9. The Bertz CT molecular complexity index is 1130. The molecule has 0 aliphatic heterocycles. The first-order valence-corrected chi connectivity index (χ1v) is 22.5. The Morgan fingerprint density at radius 1 is 0.783 bits per heavy atom. The van der Waals surface area contributed by atoms with Crippen LogP contribution in [0.4, 0.5) is 0 Å². The molecule has 0 bridgehead atoms. The monoisotopic (exact) mass is 708 g/mol. The highest BCUT2D eigenvalue weighted by atomic mass is 32.2. The van der Waals surface area contributed by atoms with Gasteiger partial charge < -0.3 is 9.47 Å². The van der Waals surface area contributed by atoms with Crippen molar-refractivity contribution >= 4 is 37.4 Å². The lowest BCUT2D eigenvalue weighted by atomic mass is 9.72. The van der Waals surface area contributed by atoms with E-state index >= 15 is 0 Å². The summed E-state index contributed by atoms with van der Waals surface area (Å²) in [4.78, 5) is 11.6. The number of ether oxygens (including phenoxy) is 2. The van der Waals surface area contributed by atoms with Crippen molar-refractivity contribution in [3.63, 3.8) is 0 Å². The third kappa shape index (κ3) is 28.9. The van der Waals surface area contributed by atoms with Gasteiger partial charge in [-0.15, -0.1) is 0 Å². The zero-order chi connectivity index (χ0) is 35.9. The number of benzene rings is 1. The van der Waals surface area contributed by atoms with E-state index < -0.39 is 19.7 Å². The Morgan fingerprint density at radius 2 is 1.28 bits per heavy atom. The summed E-state index contributed by atoms with van der Waals surface area (Å²) in [6.45, 7) is 15.4. The first kappa shape index (κ1) is 46.9.